The van der Waals surface area contributed by atoms with Gasteiger partial charge < -0.3 is 19.5 Å². The Hall–Kier alpha value is -3.35. The number of hydrogen-bond donors (Lipinski definition) is 1. The van der Waals surface area contributed by atoms with Gasteiger partial charge in [-0.15, -0.1) is 0 Å². The number of ether oxygens (including phenoxy) is 1. The summed E-state index contributed by atoms with van der Waals surface area (Å²) in [6, 6.07) is 17.3. The number of fused-ring (bicyclic) bond motifs is 1. The number of hydrogen-bond acceptors (Lipinski definition) is 6. The first-order chi connectivity index (χ1) is 17.2. The predicted octanol–water partition coefficient (Wildman–Crippen LogP) is 3.60. The van der Waals surface area contributed by atoms with Crippen molar-refractivity contribution in [2.24, 2.45) is 5.92 Å². The van der Waals surface area contributed by atoms with Gasteiger partial charge in [-0.25, -0.2) is 8.42 Å². The van der Waals surface area contributed by atoms with Crippen molar-refractivity contribution in [3.63, 3.8) is 0 Å². The molecule has 1 atom stereocenters. The van der Waals surface area contributed by atoms with Crippen LogP contribution in [-0.2, 0) is 19.4 Å². The molecule has 0 bridgehead atoms. The van der Waals surface area contributed by atoms with Gasteiger partial charge in [0.2, 0.25) is 5.91 Å². The number of nitrogens with zero attached hydrogens (tertiary/aromatic N) is 3. The summed E-state index contributed by atoms with van der Waals surface area (Å²) in [5, 5.41) is 10.4. The number of morpholine rings is 1. The Labute approximate surface area is 211 Å². The number of aromatic nitrogens is 1. The highest BCUT2D eigenvalue weighted by Gasteiger charge is 2.45. The Morgan fingerprint density at radius 3 is 2.56 bits per heavy atom. The van der Waals surface area contributed by atoms with Crippen LogP contribution < -0.4 is 4.90 Å². The van der Waals surface area contributed by atoms with Crippen LogP contribution in [0.15, 0.2) is 53.4 Å². The summed E-state index contributed by atoms with van der Waals surface area (Å²) in [6.45, 7) is 5.85. The molecule has 1 amide bonds. The van der Waals surface area contributed by atoms with Crippen molar-refractivity contribution in [1.82, 2.24) is 9.88 Å². The molecule has 1 aromatic heterocycles. The van der Waals surface area contributed by atoms with Crippen molar-refractivity contribution >= 4 is 32.3 Å². The highest BCUT2D eigenvalue weighted by atomic mass is 32.2. The molecule has 36 heavy (non-hydrogen) atoms. The van der Waals surface area contributed by atoms with E-state index in [9.17, 15) is 18.5 Å². The number of nitrogens with one attached hydrogen (secondary N) is 1. The van der Waals surface area contributed by atoms with E-state index in [2.05, 4.69) is 16.0 Å². The average molecular weight is 507 g/mol. The average Bonchev–Trinajstić information content (AvgIpc) is 3.55. The molecule has 9 heteroatoms. The van der Waals surface area contributed by atoms with Gasteiger partial charge in [-0.3, -0.25) is 4.79 Å². The molecule has 2 saturated heterocycles. The number of carbonyl (C=O) groups excluding carboxylic acids is 1. The van der Waals surface area contributed by atoms with Crippen LogP contribution in [0.1, 0.15) is 20.3 Å². The number of carbonyl (C=O) groups is 1. The lowest BCUT2D eigenvalue weighted by molar-refractivity contribution is -0.137. The monoisotopic (exact) mass is 506 g/mol. The Morgan fingerprint density at radius 1 is 1.11 bits per heavy atom. The number of amides is 1. The van der Waals surface area contributed by atoms with Gasteiger partial charge in [0, 0.05) is 54.0 Å². The van der Waals surface area contributed by atoms with Crippen LogP contribution >= 0.6 is 0 Å². The quantitative estimate of drug-likeness (QED) is 0.567. The van der Waals surface area contributed by atoms with Crippen LogP contribution in [0.4, 0.5) is 5.69 Å². The minimum atomic E-state index is -4.02. The van der Waals surface area contributed by atoms with Crippen molar-refractivity contribution < 1.29 is 17.9 Å². The second-order valence-corrected chi connectivity index (χ2v) is 12.4. The van der Waals surface area contributed by atoms with Gasteiger partial charge in [0.1, 0.15) is 4.75 Å². The first-order valence-electron chi connectivity index (χ1n) is 12.2. The van der Waals surface area contributed by atoms with Crippen LogP contribution in [0, 0.1) is 17.2 Å². The van der Waals surface area contributed by atoms with Crippen LogP contribution in [-0.4, -0.2) is 68.3 Å². The maximum Gasteiger partial charge on any atom is 0.244 e. The second-order valence-electron chi connectivity index (χ2n) is 9.93. The number of para-hydroxylation sites is 1. The molecule has 2 aliphatic heterocycles. The summed E-state index contributed by atoms with van der Waals surface area (Å²) >= 11 is 0. The molecular weight excluding hydrogens is 476 g/mol. The second kappa shape index (κ2) is 9.26. The van der Waals surface area contributed by atoms with Crippen LogP contribution in [0.3, 0.4) is 0 Å². The highest BCUT2D eigenvalue weighted by Crippen LogP contribution is 2.38. The fraction of sp³-hybridized carbons (Fsp3) is 0.407. The molecule has 0 radical (unpaired) electrons. The Balaban J connectivity index is 1.59. The molecule has 1 unspecified atom stereocenters. The van der Waals surface area contributed by atoms with Crippen LogP contribution in [0.25, 0.3) is 22.2 Å². The Morgan fingerprint density at radius 2 is 1.86 bits per heavy atom. The molecule has 188 valence electrons. The first-order valence-corrected chi connectivity index (χ1v) is 13.7. The summed E-state index contributed by atoms with van der Waals surface area (Å²) in [6.07, 6.45) is 0.768. The lowest BCUT2D eigenvalue weighted by atomic mass is 10.1. The molecule has 0 aliphatic carbocycles. The van der Waals surface area contributed by atoms with E-state index in [0.717, 1.165) is 40.8 Å². The standard InChI is InChI=1S/C27H30N4O4S/c1-27(2,26(32)30-11-13-35-14-12-30)36(33,34)21-7-8-25(31-10-9-19(17-28)18-31)22(16-21)24-15-20-5-3-4-6-23(20)29-24/h3-8,15-16,19,29H,9-14,18H2,1-2H3. The van der Waals surface area contributed by atoms with Gasteiger partial charge >= 0.3 is 0 Å². The van der Waals surface area contributed by atoms with E-state index in [1.54, 1.807) is 17.0 Å². The lowest BCUT2D eigenvalue weighted by Gasteiger charge is -2.34. The highest BCUT2D eigenvalue weighted by molar-refractivity contribution is 7.93. The number of H-pyrrole nitrogens is 1. The van der Waals surface area contributed by atoms with Crippen molar-refractivity contribution in [3.8, 4) is 17.3 Å². The number of nitriles is 1. The number of rotatable bonds is 5. The van der Waals surface area contributed by atoms with Crippen molar-refractivity contribution in [2.45, 2.75) is 29.9 Å². The lowest BCUT2D eigenvalue weighted by Crippen LogP contribution is -2.53. The summed E-state index contributed by atoms with van der Waals surface area (Å²) in [5.41, 5.74) is 3.35. The molecule has 3 heterocycles. The summed E-state index contributed by atoms with van der Waals surface area (Å²) in [7, 11) is -4.02. The fourth-order valence-electron chi connectivity index (χ4n) is 5.03. The van der Waals surface area contributed by atoms with Gasteiger partial charge in [0.25, 0.3) is 0 Å². The SMILES string of the molecule is CC(C)(C(=O)N1CCOCC1)S(=O)(=O)c1ccc(N2CCC(C#N)C2)c(-c2cc3ccccc3[nH]2)c1. The van der Waals surface area contributed by atoms with E-state index >= 15 is 0 Å². The predicted molar refractivity (Wildman–Crippen MR) is 138 cm³/mol. The molecule has 2 aliphatic rings. The molecule has 0 spiro atoms. The zero-order valence-corrected chi connectivity index (χ0v) is 21.3. The topological polar surface area (TPSA) is 106 Å². The van der Waals surface area contributed by atoms with Gasteiger partial charge in [0.05, 0.1) is 30.1 Å². The maximum atomic E-state index is 13.9. The first kappa shape index (κ1) is 24.3. The zero-order valence-electron chi connectivity index (χ0n) is 20.5. The summed E-state index contributed by atoms with van der Waals surface area (Å²) < 4.78 is 31.5. The van der Waals surface area contributed by atoms with E-state index < -0.39 is 20.5 Å². The maximum absolute atomic E-state index is 13.9. The third-order valence-corrected chi connectivity index (χ3v) is 9.69. The molecule has 1 N–H and O–H groups in total. The van der Waals surface area contributed by atoms with Crippen LogP contribution in [0.2, 0.25) is 0 Å². The third kappa shape index (κ3) is 4.14. The molecule has 3 aromatic rings. The summed E-state index contributed by atoms with van der Waals surface area (Å²) in [4.78, 5) is 20.5. The summed E-state index contributed by atoms with van der Waals surface area (Å²) in [5.74, 6) is -0.479. The van der Waals surface area contributed by atoms with Crippen molar-refractivity contribution in [3.05, 3.63) is 48.5 Å². The molecule has 2 aromatic carbocycles. The van der Waals surface area contributed by atoms with E-state index in [1.165, 1.54) is 13.8 Å². The Kier molecular flexibility index (Phi) is 6.27. The fourth-order valence-corrected chi connectivity index (χ4v) is 6.50. The third-order valence-electron chi connectivity index (χ3n) is 7.30. The van der Waals surface area contributed by atoms with Gasteiger partial charge in [0.15, 0.2) is 9.84 Å². The van der Waals surface area contributed by atoms with E-state index in [0.29, 0.717) is 32.8 Å². The molecule has 2 fully saturated rings. The molecule has 0 saturated carbocycles. The molecule has 5 rings (SSSR count). The minimum absolute atomic E-state index is 0.0611. The van der Waals surface area contributed by atoms with E-state index in [1.807, 2.05) is 36.4 Å². The number of sulfone groups is 1. The largest absolute Gasteiger partial charge is 0.378 e. The van der Waals surface area contributed by atoms with E-state index in [-0.39, 0.29) is 10.8 Å². The molecule has 8 nitrogen and oxygen atoms in total. The van der Waals surface area contributed by atoms with Crippen molar-refractivity contribution in [2.75, 3.05) is 44.3 Å². The Bertz CT molecular complexity index is 1410. The van der Waals surface area contributed by atoms with Gasteiger partial charge in [-0.2, -0.15) is 5.26 Å². The molecular formula is C27H30N4O4S. The van der Waals surface area contributed by atoms with Crippen molar-refractivity contribution in [1.29, 1.82) is 5.26 Å². The zero-order chi connectivity index (χ0) is 25.5. The normalized spacial score (nSPS) is 19.0. The minimum Gasteiger partial charge on any atom is -0.378 e. The van der Waals surface area contributed by atoms with Crippen LogP contribution in [0.5, 0.6) is 0 Å². The number of benzene rings is 2. The number of aromatic amines is 1. The van der Waals surface area contributed by atoms with Gasteiger partial charge in [-0.05, 0) is 50.6 Å². The smallest absolute Gasteiger partial charge is 0.244 e. The number of anilines is 1. The van der Waals surface area contributed by atoms with Gasteiger partial charge in [-0.1, -0.05) is 18.2 Å². The van der Waals surface area contributed by atoms with E-state index in [4.69, 9.17) is 4.74 Å².